The first kappa shape index (κ1) is 17.8. The van der Waals surface area contributed by atoms with Gasteiger partial charge >= 0.3 is 0 Å². The largest absolute Gasteiger partial charge is 0.496 e. The number of aliphatic imine (C=N–C) groups is 1. The molecule has 0 amide bonds. The molecule has 0 spiro atoms. The van der Waals surface area contributed by atoms with Crippen LogP contribution in [0.2, 0.25) is 0 Å². The molecule has 0 aromatic heterocycles. The zero-order valence-corrected chi connectivity index (χ0v) is 14.4. The lowest BCUT2D eigenvalue weighted by atomic mass is 10.1. The third-order valence-corrected chi connectivity index (χ3v) is 3.78. The molecule has 24 heavy (non-hydrogen) atoms. The van der Waals surface area contributed by atoms with Crippen LogP contribution in [0.5, 0.6) is 5.75 Å². The molecule has 0 radical (unpaired) electrons. The zero-order chi connectivity index (χ0) is 17.4. The minimum absolute atomic E-state index is 0.227. The van der Waals surface area contributed by atoms with Crippen LogP contribution in [0.1, 0.15) is 16.7 Å². The van der Waals surface area contributed by atoms with Gasteiger partial charge in [0, 0.05) is 20.1 Å². The number of methoxy groups -OCH3 is 1. The predicted octanol–water partition coefficient (Wildman–Crippen LogP) is 3.05. The molecule has 0 unspecified atom stereocenters. The van der Waals surface area contributed by atoms with Gasteiger partial charge in [0.05, 0.1) is 7.11 Å². The highest BCUT2D eigenvalue weighted by molar-refractivity contribution is 5.79. The van der Waals surface area contributed by atoms with E-state index in [0.29, 0.717) is 6.54 Å². The van der Waals surface area contributed by atoms with Gasteiger partial charge in [-0.15, -0.1) is 0 Å². The van der Waals surface area contributed by atoms with E-state index in [4.69, 9.17) is 4.74 Å². The lowest BCUT2D eigenvalue weighted by Crippen LogP contribution is -2.37. The van der Waals surface area contributed by atoms with Crippen LogP contribution >= 0.6 is 0 Å². The normalized spacial score (nSPS) is 11.2. The van der Waals surface area contributed by atoms with Gasteiger partial charge in [0.1, 0.15) is 11.6 Å². The van der Waals surface area contributed by atoms with Crippen LogP contribution in [0.4, 0.5) is 4.39 Å². The summed E-state index contributed by atoms with van der Waals surface area (Å²) in [5.41, 5.74) is 3.34. The van der Waals surface area contributed by atoms with E-state index in [1.165, 1.54) is 17.7 Å². The maximum Gasteiger partial charge on any atom is 0.191 e. The molecule has 0 bridgehead atoms. The van der Waals surface area contributed by atoms with E-state index in [0.717, 1.165) is 35.8 Å². The van der Waals surface area contributed by atoms with E-state index in [2.05, 4.69) is 33.8 Å². The number of nitrogens with zero attached hydrogens (tertiary/aromatic N) is 1. The van der Waals surface area contributed by atoms with Gasteiger partial charge in [-0.1, -0.05) is 24.3 Å². The van der Waals surface area contributed by atoms with Crippen molar-refractivity contribution in [1.82, 2.24) is 10.6 Å². The van der Waals surface area contributed by atoms with Crippen molar-refractivity contribution >= 4 is 5.96 Å². The van der Waals surface area contributed by atoms with E-state index in [9.17, 15) is 4.39 Å². The van der Waals surface area contributed by atoms with E-state index < -0.39 is 0 Å². The first-order valence-corrected chi connectivity index (χ1v) is 7.95. The molecule has 2 aromatic carbocycles. The van der Waals surface area contributed by atoms with Crippen molar-refractivity contribution in [1.29, 1.82) is 0 Å². The first-order valence-electron chi connectivity index (χ1n) is 7.95. The van der Waals surface area contributed by atoms with Crippen molar-refractivity contribution in [2.45, 2.75) is 19.9 Å². The quantitative estimate of drug-likeness (QED) is 0.632. The number of nitrogens with one attached hydrogen (secondary N) is 2. The van der Waals surface area contributed by atoms with Crippen LogP contribution in [-0.4, -0.2) is 26.7 Å². The minimum atomic E-state index is -0.227. The highest BCUT2D eigenvalue weighted by atomic mass is 19.1. The third-order valence-electron chi connectivity index (χ3n) is 3.78. The van der Waals surface area contributed by atoms with Crippen LogP contribution < -0.4 is 15.4 Å². The average Bonchev–Trinajstić information content (AvgIpc) is 2.60. The van der Waals surface area contributed by atoms with E-state index in [-0.39, 0.29) is 5.82 Å². The second-order valence-electron chi connectivity index (χ2n) is 5.53. The Morgan fingerprint density at radius 3 is 2.46 bits per heavy atom. The monoisotopic (exact) mass is 329 g/mol. The summed E-state index contributed by atoms with van der Waals surface area (Å²) >= 11 is 0. The Kier molecular flexibility index (Phi) is 6.61. The van der Waals surface area contributed by atoms with Gasteiger partial charge in [-0.05, 0) is 48.2 Å². The van der Waals surface area contributed by atoms with Crippen LogP contribution in [0.3, 0.4) is 0 Å². The number of hydrogen-bond donors (Lipinski definition) is 2. The van der Waals surface area contributed by atoms with Crippen molar-refractivity contribution in [2.75, 3.05) is 20.7 Å². The summed E-state index contributed by atoms with van der Waals surface area (Å²) in [6.07, 6.45) is 0.869. The summed E-state index contributed by atoms with van der Waals surface area (Å²) < 4.78 is 18.2. The maximum absolute atomic E-state index is 12.9. The average molecular weight is 329 g/mol. The van der Waals surface area contributed by atoms with Crippen molar-refractivity contribution in [3.8, 4) is 5.75 Å². The predicted molar refractivity (Wildman–Crippen MR) is 96.0 cm³/mol. The Morgan fingerprint density at radius 1 is 1.08 bits per heavy atom. The molecule has 5 heteroatoms. The van der Waals surface area contributed by atoms with Crippen LogP contribution in [0, 0.1) is 12.7 Å². The number of ether oxygens (including phenoxy) is 1. The fourth-order valence-electron chi connectivity index (χ4n) is 2.35. The lowest BCUT2D eigenvalue weighted by Gasteiger charge is -2.13. The van der Waals surface area contributed by atoms with Crippen molar-refractivity contribution in [3.63, 3.8) is 0 Å². The summed E-state index contributed by atoms with van der Waals surface area (Å²) in [5.74, 6) is 1.40. The number of rotatable bonds is 6. The Hall–Kier alpha value is -2.56. The Balaban J connectivity index is 1.80. The van der Waals surface area contributed by atoms with Crippen LogP contribution in [-0.2, 0) is 13.0 Å². The number of benzene rings is 2. The fourth-order valence-corrected chi connectivity index (χ4v) is 2.35. The standard InChI is InChI=1S/C19H24FN3O/c1-14-4-5-15(12-18(14)24-3)10-11-22-19(21-2)23-13-16-6-8-17(20)9-7-16/h4-9,12H,10-11,13H2,1-3H3,(H2,21,22,23). The molecular weight excluding hydrogens is 305 g/mol. The zero-order valence-electron chi connectivity index (χ0n) is 14.4. The molecule has 128 valence electrons. The van der Waals surface area contributed by atoms with Gasteiger partial charge < -0.3 is 15.4 Å². The minimum Gasteiger partial charge on any atom is -0.496 e. The maximum atomic E-state index is 12.9. The van der Waals surface area contributed by atoms with Gasteiger partial charge in [0.2, 0.25) is 0 Å². The number of halogens is 1. The molecule has 0 aliphatic heterocycles. The molecule has 0 saturated carbocycles. The molecule has 0 saturated heterocycles. The smallest absolute Gasteiger partial charge is 0.191 e. The Bertz CT molecular complexity index is 684. The molecule has 0 fully saturated rings. The number of aryl methyl sites for hydroxylation is 1. The molecule has 2 rings (SSSR count). The van der Waals surface area contributed by atoms with Gasteiger partial charge in [-0.2, -0.15) is 0 Å². The topological polar surface area (TPSA) is 45.7 Å². The molecule has 0 heterocycles. The van der Waals surface area contributed by atoms with Crippen LogP contribution in [0.25, 0.3) is 0 Å². The molecule has 2 aromatic rings. The summed E-state index contributed by atoms with van der Waals surface area (Å²) in [6, 6.07) is 12.7. The highest BCUT2D eigenvalue weighted by Gasteiger charge is 2.02. The number of hydrogen-bond acceptors (Lipinski definition) is 2. The van der Waals surface area contributed by atoms with Crippen LogP contribution in [0.15, 0.2) is 47.5 Å². The van der Waals surface area contributed by atoms with E-state index >= 15 is 0 Å². The SMILES string of the molecule is CN=C(NCCc1ccc(C)c(OC)c1)NCc1ccc(F)cc1. The summed E-state index contributed by atoms with van der Waals surface area (Å²) in [5, 5.41) is 6.49. The lowest BCUT2D eigenvalue weighted by molar-refractivity contribution is 0.411. The second kappa shape index (κ2) is 8.91. The highest BCUT2D eigenvalue weighted by Crippen LogP contribution is 2.18. The van der Waals surface area contributed by atoms with Crippen molar-refractivity contribution in [2.24, 2.45) is 4.99 Å². The van der Waals surface area contributed by atoms with Crippen molar-refractivity contribution in [3.05, 3.63) is 65.0 Å². The fraction of sp³-hybridized carbons (Fsp3) is 0.316. The van der Waals surface area contributed by atoms with Gasteiger partial charge in [-0.3, -0.25) is 4.99 Å². The summed E-state index contributed by atoms with van der Waals surface area (Å²) in [4.78, 5) is 4.20. The number of guanidine groups is 1. The van der Waals surface area contributed by atoms with E-state index in [1.807, 2.05) is 6.92 Å². The Morgan fingerprint density at radius 2 is 1.79 bits per heavy atom. The van der Waals surface area contributed by atoms with Gasteiger partial charge in [-0.25, -0.2) is 4.39 Å². The molecule has 0 aliphatic rings. The molecule has 2 N–H and O–H groups in total. The molecule has 0 atom stereocenters. The summed E-state index contributed by atoms with van der Waals surface area (Å²) in [7, 11) is 3.42. The molecule has 0 aliphatic carbocycles. The molecular formula is C19H24FN3O. The second-order valence-corrected chi connectivity index (χ2v) is 5.53. The summed E-state index contributed by atoms with van der Waals surface area (Å²) in [6.45, 7) is 3.38. The van der Waals surface area contributed by atoms with E-state index in [1.54, 1.807) is 26.3 Å². The first-order chi connectivity index (χ1) is 11.6. The third kappa shape index (κ3) is 5.26. The van der Waals surface area contributed by atoms with Crippen molar-refractivity contribution < 1.29 is 9.13 Å². The molecule has 4 nitrogen and oxygen atoms in total. The van der Waals surface area contributed by atoms with Gasteiger partial charge in [0.15, 0.2) is 5.96 Å². The van der Waals surface area contributed by atoms with Gasteiger partial charge in [0.25, 0.3) is 0 Å². The Labute approximate surface area is 142 Å².